The average molecular weight is 415 g/mol. The van der Waals surface area contributed by atoms with Crippen molar-refractivity contribution >= 4 is 22.9 Å². The van der Waals surface area contributed by atoms with Gasteiger partial charge in [-0.2, -0.15) is 0 Å². The third-order valence-corrected chi connectivity index (χ3v) is 5.06. The van der Waals surface area contributed by atoms with Gasteiger partial charge in [0, 0.05) is 11.1 Å². The largest absolute Gasteiger partial charge is 0.448 e. The molecule has 0 saturated carbocycles. The van der Waals surface area contributed by atoms with Gasteiger partial charge in [0.05, 0.1) is 5.52 Å². The van der Waals surface area contributed by atoms with E-state index in [-0.39, 0.29) is 12.3 Å². The zero-order valence-corrected chi connectivity index (χ0v) is 17.2. The molecule has 0 radical (unpaired) electrons. The molecule has 0 aliphatic rings. The second-order valence-electron chi connectivity index (χ2n) is 7.43. The highest BCUT2D eigenvalue weighted by Gasteiger charge is 2.27. The summed E-state index contributed by atoms with van der Waals surface area (Å²) in [5.74, 6) is -1.70. The predicted molar refractivity (Wildman–Crippen MR) is 116 cm³/mol. The van der Waals surface area contributed by atoms with Gasteiger partial charge in [0.25, 0.3) is 0 Å². The lowest BCUT2D eigenvalue weighted by molar-refractivity contribution is -0.148. The van der Waals surface area contributed by atoms with Crippen LogP contribution >= 0.6 is 0 Å². The summed E-state index contributed by atoms with van der Waals surface area (Å²) in [4.78, 5) is 38.1. The summed E-state index contributed by atoms with van der Waals surface area (Å²) in [5, 5.41) is 0. The second-order valence-corrected chi connectivity index (χ2v) is 7.43. The average Bonchev–Trinajstić information content (AvgIpc) is 3.08. The Bertz CT molecular complexity index is 1300. The summed E-state index contributed by atoms with van der Waals surface area (Å²) in [6.45, 7) is 3.50. The summed E-state index contributed by atoms with van der Waals surface area (Å²) in [7, 11) is 0. The van der Waals surface area contributed by atoms with Crippen molar-refractivity contribution in [1.82, 2.24) is 4.57 Å². The van der Waals surface area contributed by atoms with Crippen molar-refractivity contribution in [3.8, 4) is 0 Å². The van der Waals surface area contributed by atoms with Crippen molar-refractivity contribution in [2.75, 3.05) is 0 Å². The minimum Gasteiger partial charge on any atom is -0.448 e. The summed E-state index contributed by atoms with van der Waals surface area (Å²) in [6.07, 6.45) is -1.12. The van der Waals surface area contributed by atoms with Gasteiger partial charge < -0.3 is 9.15 Å². The molecule has 0 fully saturated rings. The molecule has 1 atom stereocenters. The maximum atomic E-state index is 13.2. The first kappa shape index (κ1) is 20.3. The van der Waals surface area contributed by atoms with Gasteiger partial charge in [-0.3, -0.25) is 14.2 Å². The highest BCUT2D eigenvalue weighted by Crippen LogP contribution is 2.24. The number of rotatable bonds is 6. The molecule has 6 heteroatoms. The van der Waals surface area contributed by atoms with E-state index in [9.17, 15) is 14.4 Å². The van der Waals surface area contributed by atoms with Gasteiger partial charge in [-0.05, 0) is 26.0 Å². The first-order valence-electron chi connectivity index (χ1n) is 9.87. The minimum atomic E-state index is -1.12. The molecule has 31 heavy (non-hydrogen) atoms. The minimum absolute atomic E-state index is 0.332. The van der Waals surface area contributed by atoms with Crippen LogP contribution in [-0.2, 0) is 16.1 Å². The number of benzene rings is 3. The van der Waals surface area contributed by atoms with Gasteiger partial charge in [0.15, 0.2) is 11.7 Å². The first-order valence-corrected chi connectivity index (χ1v) is 9.87. The number of carbonyl (C=O) groups excluding carboxylic acids is 2. The van der Waals surface area contributed by atoms with Crippen LogP contribution in [-0.4, -0.2) is 16.3 Å². The summed E-state index contributed by atoms with van der Waals surface area (Å²) in [5.41, 5.74) is 3.91. The molecule has 156 valence electrons. The van der Waals surface area contributed by atoms with Crippen molar-refractivity contribution in [1.29, 1.82) is 0 Å². The summed E-state index contributed by atoms with van der Waals surface area (Å²) >= 11 is 0. The number of para-hydroxylation sites is 2. The molecule has 0 N–H and O–H groups in total. The fraction of sp³-hybridized carbons (Fsp3) is 0.160. The van der Waals surface area contributed by atoms with Crippen LogP contribution in [0.5, 0.6) is 0 Å². The lowest BCUT2D eigenvalue weighted by atomic mass is 9.98. The molecular formula is C25H21NO5. The van der Waals surface area contributed by atoms with E-state index in [1.165, 1.54) is 4.57 Å². The van der Waals surface area contributed by atoms with Crippen LogP contribution in [0.2, 0.25) is 0 Å². The quantitative estimate of drug-likeness (QED) is 0.345. The number of aryl methyl sites for hydroxylation is 2. The summed E-state index contributed by atoms with van der Waals surface area (Å²) in [6, 6.07) is 21.1. The highest BCUT2D eigenvalue weighted by molar-refractivity contribution is 6.01. The molecule has 3 aromatic carbocycles. The van der Waals surface area contributed by atoms with Gasteiger partial charge in [0.2, 0.25) is 5.78 Å². The Hall–Kier alpha value is -3.93. The molecule has 0 spiro atoms. The van der Waals surface area contributed by atoms with Gasteiger partial charge in [-0.1, -0.05) is 71.8 Å². The number of hydrogen-bond donors (Lipinski definition) is 0. The van der Waals surface area contributed by atoms with E-state index in [1.54, 1.807) is 48.5 Å². The van der Waals surface area contributed by atoms with Crippen LogP contribution in [0.25, 0.3) is 11.1 Å². The van der Waals surface area contributed by atoms with Gasteiger partial charge in [-0.25, -0.2) is 4.79 Å². The third-order valence-electron chi connectivity index (χ3n) is 5.06. The van der Waals surface area contributed by atoms with E-state index in [0.717, 1.165) is 11.1 Å². The standard InChI is InChI=1S/C25H21NO5/c1-16-7-11-18(12-8-16)23(28)24(19-13-9-17(2)10-14-19)31-22(27)15-26-20-5-3-4-6-21(20)30-25(26)29/h3-14,24H,15H2,1-2H3/t24-/m1/s1. The number of fused-ring (bicyclic) bond motifs is 1. The topological polar surface area (TPSA) is 78.5 Å². The number of oxazole rings is 1. The maximum Gasteiger partial charge on any atom is 0.420 e. The van der Waals surface area contributed by atoms with Crippen LogP contribution in [0.3, 0.4) is 0 Å². The molecule has 0 saturated heterocycles. The lowest BCUT2D eigenvalue weighted by Crippen LogP contribution is -2.26. The molecule has 1 aromatic heterocycles. The van der Waals surface area contributed by atoms with Gasteiger partial charge >= 0.3 is 11.7 Å². The number of nitrogens with zero attached hydrogens (tertiary/aromatic N) is 1. The fourth-order valence-electron chi connectivity index (χ4n) is 3.34. The van der Waals surface area contributed by atoms with Crippen molar-refractivity contribution in [2.45, 2.75) is 26.5 Å². The number of Topliss-reactive ketones (excluding diaryl/α,β-unsaturated/α-hetero) is 1. The van der Waals surface area contributed by atoms with Crippen LogP contribution in [0, 0.1) is 13.8 Å². The number of ether oxygens (including phenoxy) is 1. The molecule has 6 nitrogen and oxygen atoms in total. The monoisotopic (exact) mass is 415 g/mol. The molecule has 0 aliphatic carbocycles. The Morgan fingerprint density at radius 2 is 1.52 bits per heavy atom. The van der Waals surface area contributed by atoms with Crippen molar-refractivity contribution in [3.05, 3.63) is 106 Å². The number of ketones is 1. The van der Waals surface area contributed by atoms with E-state index >= 15 is 0 Å². The van der Waals surface area contributed by atoms with E-state index in [4.69, 9.17) is 9.15 Å². The maximum absolute atomic E-state index is 13.2. The normalized spacial score (nSPS) is 11.9. The van der Waals surface area contributed by atoms with Crippen molar-refractivity contribution < 1.29 is 18.7 Å². The van der Waals surface area contributed by atoms with E-state index in [2.05, 4.69) is 0 Å². The Balaban J connectivity index is 1.63. The van der Waals surface area contributed by atoms with Crippen molar-refractivity contribution in [3.63, 3.8) is 0 Å². The Morgan fingerprint density at radius 1 is 0.903 bits per heavy atom. The third kappa shape index (κ3) is 4.33. The highest BCUT2D eigenvalue weighted by atomic mass is 16.5. The van der Waals surface area contributed by atoms with E-state index in [1.807, 2.05) is 38.1 Å². The van der Waals surface area contributed by atoms with E-state index in [0.29, 0.717) is 22.2 Å². The molecule has 4 rings (SSSR count). The molecule has 0 bridgehead atoms. The van der Waals surface area contributed by atoms with Crippen LogP contribution in [0.1, 0.15) is 33.2 Å². The zero-order chi connectivity index (χ0) is 22.0. The number of carbonyl (C=O) groups is 2. The van der Waals surface area contributed by atoms with Crippen LogP contribution in [0.4, 0.5) is 0 Å². The molecular weight excluding hydrogens is 394 g/mol. The first-order chi connectivity index (χ1) is 14.9. The fourth-order valence-corrected chi connectivity index (χ4v) is 3.34. The van der Waals surface area contributed by atoms with E-state index < -0.39 is 17.8 Å². The zero-order valence-electron chi connectivity index (χ0n) is 17.2. The predicted octanol–water partition coefficient (Wildman–Crippen LogP) is 4.38. The van der Waals surface area contributed by atoms with Gasteiger partial charge in [0.1, 0.15) is 6.54 Å². The Labute approximate surface area is 178 Å². The SMILES string of the molecule is Cc1ccc(C(=O)[C@H](OC(=O)Cn2c(=O)oc3ccccc32)c2ccc(C)cc2)cc1. The van der Waals surface area contributed by atoms with Crippen molar-refractivity contribution in [2.24, 2.45) is 0 Å². The Kier molecular flexibility index (Phi) is 5.54. The molecule has 0 unspecified atom stereocenters. The Morgan fingerprint density at radius 3 is 2.19 bits per heavy atom. The molecule has 4 aromatic rings. The van der Waals surface area contributed by atoms with Crippen LogP contribution in [0.15, 0.2) is 82.0 Å². The summed E-state index contributed by atoms with van der Waals surface area (Å²) < 4.78 is 12.0. The molecule has 0 aliphatic heterocycles. The molecule has 1 heterocycles. The number of aromatic nitrogens is 1. The molecule has 0 amide bonds. The van der Waals surface area contributed by atoms with Gasteiger partial charge in [-0.15, -0.1) is 0 Å². The lowest BCUT2D eigenvalue weighted by Gasteiger charge is -2.18. The smallest absolute Gasteiger partial charge is 0.420 e. The second kappa shape index (κ2) is 8.44. The number of esters is 1. The number of hydrogen-bond acceptors (Lipinski definition) is 5. The van der Waals surface area contributed by atoms with Crippen LogP contribution < -0.4 is 5.76 Å².